The second-order valence-corrected chi connectivity index (χ2v) is 4.75. The molecule has 2 aromatic rings. The molecule has 3 rings (SSSR count). The first-order valence-electron chi connectivity index (χ1n) is 6.84. The van der Waals surface area contributed by atoms with Crippen LogP contribution < -0.4 is 4.90 Å². The van der Waals surface area contributed by atoms with Gasteiger partial charge in [-0.1, -0.05) is 12.1 Å². The first-order valence-corrected chi connectivity index (χ1v) is 6.84. The van der Waals surface area contributed by atoms with Gasteiger partial charge in [0.25, 0.3) is 0 Å². The number of cyclic esters (lactones) is 1. The van der Waals surface area contributed by atoms with Crippen LogP contribution in [0.2, 0.25) is 0 Å². The van der Waals surface area contributed by atoms with E-state index in [9.17, 15) is 9.59 Å². The third-order valence-electron chi connectivity index (χ3n) is 3.25. The molecule has 22 heavy (non-hydrogen) atoms. The number of ether oxygens (including phenoxy) is 2. The number of hydrogen-bond donors (Lipinski definition) is 0. The van der Waals surface area contributed by atoms with Crippen LogP contribution in [0.5, 0.6) is 0 Å². The summed E-state index contributed by atoms with van der Waals surface area (Å²) in [6, 6.07) is 10.3. The van der Waals surface area contributed by atoms with E-state index in [0.717, 1.165) is 5.56 Å². The van der Waals surface area contributed by atoms with Gasteiger partial charge in [-0.05, 0) is 24.3 Å². The minimum Gasteiger partial charge on any atom is -0.457 e. The van der Waals surface area contributed by atoms with Gasteiger partial charge in [0.1, 0.15) is 13.2 Å². The first kappa shape index (κ1) is 14.1. The Labute approximate surface area is 127 Å². The van der Waals surface area contributed by atoms with E-state index in [-0.39, 0.29) is 6.61 Å². The summed E-state index contributed by atoms with van der Waals surface area (Å²) in [4.78, 5) is 29.1. The standard InChI is InChI=1S/C16H14N2O4/c19-15(22-11-12-3-2-6-17-10-12)13-4-1-5-14(9-13)18-7-8-21-16(18)20/h1-6,9-10H,7-8,11H2. The Kier molecular flexibility index (Phi) is 4.00. The fraction of sp³-hybridized carbons (Fsp3) is 0.188. The normalized spacial score (nSPS) is 13.8. The molecule has 6 heteroatoms. The molecule has 0 unspecified atom stereocenters. The lowest BCUT2D eigenvalue weighted by Gasteiger charge is -2.13. The highest BCUT2D eigenvalue weighted by Gasteiger charge is 2.24. The van der Waals surface area contributed by atoms with E-state index in [0.29, 0.717) is 24.4 Å². The number of nitrogens with zero attached hydrogens (tertiary/aromatic N) is 2. The molecule has 1 aliphatic heterocycles. The fourth-order valence-corrected chi connectivity index (χ4v) is 2.14. The maximum absolute atomic E-state index is 12.1. The van der Waals surface area contributed by atoms with Crippen LogP contribution in [0, 0.1) is 0 Å². The number of aromatic nitrogens is 1. The zero-order valence-electron chi connectivity index (χ0n) is 11.8. The molecule has 0 spiro atoms. The summed E-state index contributed by atoms with van der Waals surface area (Å²) in [5.74, 6) is -0.446. The molecule has 1 aromatic carbocycles. The molecule has 0 bridgehead atoms. The predicted octanol–water partition coefficient (Wildman–Crippen LogP) is 2.40. The molecular weight excluding hydrogens is 284 g/mol. The summed E-state index contributed by atoms with van der Waals surface area (Å²) < 4.78 is 10.1. The van der Waals surface area contributed by atoms with Gasteiger partial charge in [-0.2, -0.15) is 0 Å². The molecular formula is C16H14N2O4. The van der Waals surface area contributed by atoms with Gasteiger partial charge in [0.15, 0.2) is 0 Å². The van der Waals surface area contributed by atoms with Gasteiger partial charge < -0.3 is 9.47 Å². The van der Waals surface area contributed by atoms with E-state index in [1.165, 1.54) is 4.90 Å². The van der Waals surface area contributed by atoms with Gasteiger partial charge in [0.2, 0.25) is 0 Å². The predicted molar refractivity (Wildman–Crippen MR) is 78.5 cm³/mol. The lowest BCUT2D eigenvalue weighted by Crippen LogP contribution is -2.23. The third-order valence-corrected chi connectivity index (χ3v) is 3.25. The fourth-order valence-electron chi connectivity index (χ4n) is 2.14. The topological polar surface area (TPSA) is 68.7 Å². The minimum absolute atomic E-state index is 0.155. The van der Waals surface area contributed by atoms with Crippen molar-refractivity contribution in [1.82, 2.24) is 4.98 Å². The Morgan fingerprint density at radius 2 is 2.23 bits per heavy atom. The minimum atomic E-state index is -0.446. The Hall–Kier alpha value is -2.89. The smallest absolute Gasteiger partial charge is 0.414 e. The molecule has 0 aliphatic carbocycles. The largest absolute Gasteiger partial charge is 0.457 e. The highest BCUT2D eigenvalue weighted by molar-refractivity contribution is 5.94. The molecule has 0 radical (unpaired) electrons. The number of carbonyl (C=O) groups is 2. The number of carbonyl (C=O) groups excluding carboxylic acids is 2. The van der Waals surface area contributed by atoms with Crippen LogP contribution in [0.25, 0.3) is 0 Å². The van der Waals surface area contributed by atoms with Crippen LogP contribution in [0.3, 0.4) is 0 Å². The Morgan fingerprint density at radius 1 is 1.32 bits per heavy atom. The zero-order chi connectivity index (χ0) is 15.4. The lowest BCUT2D eigenvalue weighted by atomic mass is 10.2. The summed E-state index contributed by atoms with van der Waals surface area (Å²) >= 11 is 0. The monoisotopic (exact) mass is 298 g/mol. The second kappa shape index (κ2) is 6.26. The van der Waals surface area contributed by atoms with Crippen LogP contribution in [-0.4, -0.2) is 30.2 Å². The van der Waals surface area contributed by atoms with Gasteiger partial charge >= 0.3 is 12.1 Å². The van der Waals surface area contributed by atoms with Crippen molar-refractivity contribution >= 4 is 17.7 Å². The number of anilines is 1. The molecule has 112 valence electrons. The summed E-state index contributed by atoms with van der Waals surface area (Å²) in [5, 5.41) is 0. The van der Waals surface area contributed by atoms with E-state index in [2.05, 4.69) is 4.98 Å². The van der Waals surface area contributed by atoms with Gasteiger partial charge in [-0.3, -0.25) is 9.88 Å². The number of rotatable bonds is 4. The molecule has 0 N–H and O–H groups in total. The van der Waals surface area contributed by atoms with Crippen molar-refractivity contribution in [2.75, 3.05) is 18.1 Å². The van der Waals surface area contributed by atoms with Crippen LogP contribution in [-0.2, 0) is 16.1 Å². The molecule has 1 aromatic heterocycles. The highest BCUT2D eigenvalue weighted by Crippen LogP contribution is 2.20. The van der Waals surface area contributed by atoms with Crippen molar-refractivity contribution in [3.63, 3.8) is 0 Å². The SMILES string of the molecule is O=C(OCc1cccnc1)c1cccc(N2CCOC2=O)c1. The summed E-state index contributed by atoms with van der Waals surface area (Å²) in [6.07, 6.45) is 2.90. The lowest BCUT2D eigenvalue weighted by molar-refractivity contribution is 0.0472. The van der Waals surface area contributed by atoms with E-state index in [1.807, 2.05) is 6.07 Å². The maximum atomic E-state index is 12.1. The molecule has 1 fully saturated rings. The number of esters is 1. The first-order chi connectivity index (χ1) is 10.7. The number of amides is 1. The molecule has 1 amide bonds. The van der Waals surface area contributed by atoms with E-state index >= 15 is 0 Å². The molecule has 0 saturated carbocycles. The van der Waals surface area contributed by atoms with Crippen LogP contribution in [0.4, 0.5) is 10.5 Å². The van der Waals surface area contributed by atoms with Gasteiger partial charge in [-0.15, -0.1) is 0 Å². The van der Waals surface area contributed by atoms with Gasteiger partial charge in [-0.25, -0.2) is 9.59 Å². The van der Waals surface area contributed by atoms with E-state index < -0.39 is 12.1 Å². The molecule has 0 atom stereocenters. The molecule has 2 heterocycles. The Morgan fingerprint density at radius 3 is 2.95 bits per heavy atom. The van der Waals surface area contributed by atoms with Crippen LogP contribution in [0.1, 0.15) is 15.9 Å². The summed E-state index contributed by atoms with van der Waals surface area (Å²) in [7, 11) is 0. The van der Waals surface area contributed by atoms with Crippen LogP contribution >= 0.6 is 0 Å². The Balaban J connectivity index is 1.69. The van der Waals surface area contributed by atoms with Crippen molar-refractivity contribution in [1.29, 1.82) is 0 Å². The quantitative estimate of drug-likeness (QED) is 0.811. The van der Waals surface area contributed by atoms with Crippen LogP contribution in [0.15, 0.2) is 48.8 Å². The Bertz CT molecular complexity index is 688. The summed E-state index contributed by atoms with van der Waals surface area (Å²) in [6.45, 7) is 0.990. The van der Waals surface area contributed by atoms with E-state index in [4.69, 9.17) is 9.47 Å². The van der Waals surface area contributed by atoms with E-state index in [1.54, 1.807) is 42.7 Å². The van der Waals surface area contributed by atoms with Crippen molar-refractivity contribution in [3.8, 4) is 0 Å². The van der Waals surface area contributed by atoms with Crippen molar-refractivity contribution < 1.29 is 19.1 Å². The zero-order valence-corrected chi connectivity index (χ0v) is 11.8. The van der Waals surface area contributed by atoms with Gasteiger partial charge in [0, 0.05) is 23.6 Å². The maximum Gasteiger partial charge on any atom is 0.414 e. The molecule has 1 saturated heterocycles. The van der Waals surface area contributed by atoms with Crippen molar-refractivity contribution in [2.24, 2.45) is 0 Å². The average Bonchev–Trinajstić information content (AvgIpc) is 3.00. The number of hydrogen-bond acceptors (Lipinski definition) is 5. The average molecular weight is 298 g/mol. The molecule has 1 aliphatic rings. The highest BCUT2D eigenvalue weighted by atomic mass is 16.6. The van der Waals surface area contributed by atoms with Crippen molar-refractivity contribution in [2.45, 2.75) is 6.61 Å². The second-order valence-electron chi connectivity index (χ2n) is 4.75. The number of benzene rings is 1. The number of pyridine rings is 1. The van der Waals surface area contributed by atoms with Gasteiger partial charge in [0.05, 0.1) is 12.1 Å². The molecule has 6 nitrogen and oxygen atoms in total. The summed E-state index contributed by atoms with van der Waals surface area (Å²) in [5.41, 5.74) is 1.83. The van der Waals surface area contributed by atoms with Crippen molar-refractivity contribution in [3.05, 3.63) is 59.9 Å². The third kappa shape index (κ3) is 3.06.